The summed E-state index contributed by atoms with van der Waals surface area (Å²) in [6.07, 6.45) is 0. The van der Waals surface area contributed by atoms with Crippen LogP contribution in [0.3, 0.4) is 0 Å². The largest absolute Gasteiger partial charge is 0.504 e. The molecule has 1 aromatic carbocycles. The molecule has 3 N–H and O–H groups in total. The smallest absolute Gasteiger partial charge is 0.194 e. The van der Waals surface area contributed by atoms with Crippen LogP contribution in [-0.4, -0.2) is 29.6 Å². The first kappa shape index (κ1) is 10.5. The van der Waals surface area contributed by atoms with Crippen LogP contribution in [0.2, 0.25) is 0 Å². The summed E-state index contributed by atoms with van der Waals surface area (Å²) in [4.78, 5) is 11.2. The minimum atomic E-state index is -1.01. The second-order valence-corrected chi connectivity index (χ2v) is 2.78. The lowest BCUT2D eigenvalue weighted by Gasteiger charge is -2.03. The van der Waals surface area contributed by atoms with Crippen LogP contribution >= 0.6 is 0 Å². The fourth-order valence-electron chi connectivity index (χ4n) is 1.01. The molecule has 0 unspecified atom stereocenters. The first-order valence-corrected chi connectivity index (χ1v) is 3.95. The summed E-state index contributed by atoms with van der Waals surface area (Å²) < 4.78 is 12.9. The van der Waals surface area contributed by atoms with Crippen molar-refractivity contribution < 1.29 is 19.4 Å². The number of hydrogen-bond donors (Lipinski definition) is 3. The fourth-order valence-corrected chi connectivity index (χ4v) is 1.01. The van der Waals surface area contributed by atoms with Crippen molar-refractivity contribution in [3.8, 4) is 11.5 Å². The number of phenols is 2. The number of phenolic OH excluding ortho intramolecular Hbond substituents is 2. The molecule has 1 rings (SSSR count). The van der Waals surface area contributed by atoms with Crippen molar-refractivity contribution >= 4 is 5.78 Å². The van der Waals surface area contributed by atoms with Crippen molar-refractivity contribution in [2.75, 3.05) is 13.6 Å². The summed E-state index contributed by atoms with van der Waals surface area (Å²) in [7, 11) is 1.58. The van der Waals surface area contributed by atoms with E-state index in [9.17, 15) is 9.18 Å². The lowest BCUT2D eigenvalue weighted by Crippen LogP contribution is -2.18. The molecular formula is C9H10FNO3. The van der Waals surface area contributed by atoms with E-state index in [1.807, 2.05) is 0 Å². The molecule has 0 amide bonds. The lowest BCUT2D eigenvalue weighted by atomic mass is 10.1. The van der Waals surface area contributed by atoms with Crippen molar-refractivity contribution in [3.05, 3.63) is 23.5 Å². The van der Waals surface area contributed by atoms with Crippen molar-refractivity contribution in [2.24, 2.45) is 0 Å². The molecule has 0 spiro atoms. The van der Waals surface area contributed by atoms with Crippen molar-refractivity contribution in [1.82, 2.24) is 5.32 Å². The molecule has 0 aliphatic heterocycles. The van der Waals surface area contributed by atoms with E-state index in [-0.39, 0.29) is 17.9 Å². The van der Waals surface area contributed by atoms with Gasteiger partial charge in [-0.05, 0) is 19.2 Å². The summed E-state index contributed by atoms with van der Waals surface area (Å²) in [5.74, 6) is -2.85. The van der Waals surface area contributed by atoms with Gasteiger partial charge < -0.3 is 15.5 Å². The maximum Gasteiger partial charge on any atom is 0.194 e. The highest BCUT2D eigenvalue weighted by Crippen LogP contribution is 2.28. The highest BCUT2D eigenvalue weighted by molar-refractivity contribution is 5.98. The first-order chi connectivity index (χ1) is 6.56. The topological polar surface area (TPSA) is 69.6 Å². The number of likely N-dealkylation sites (N-methyl/N-ethyl adjacent to an activating group) is 1. The van der Waals surface area contributed by atoms with Crippen LogP contribution in [0.15, 0.2) is 12.1 Å². The van der Waals surface area contributed by atoms with Gasteiger partial charge in [0.2, 0.25) is 0 Å². The number of aromatic hydroxyl groups is 2. The quantitative estimate of drug-likeness (QED) is 0.493. The number of ketones is 1. The Balaban J connectivity index is 3.06. The third kappa shape index (κ3) is 2.00. The van der Waals surface area contributed by atoms with Gasteiger partial charge in [0.1, 0.15) is 0 Å². The molecule has 0 aliphatic rings. The van der Waals surface area contributed by atoms with Gasteiger partial charge in [0.15, 0.2) is 23.1 Å². The van der Waals surface area contributed by atoms with Crippen LogP contribution in [0.25, 0.3) is 0 Å². The molecule has 0 atom stereocenters. The molecule has 0 saturated heterocycles. The Hall–Kier alpha value is -1.62. The van der Waals surface area contributed by atoms with Crippen molar-refractivity contribution in [2.45, 2.75) is 0 Å². The van der Waals surface area contributed by atoms with Gasteiger partial charge in [-0.3, -0.25) is 4.79 Å². The number of Topliss-reactive ketones (excluding diaryl/α,β-unsaturated/α-hetero) is 1. The normalized spacial score (nSPS) is 10.1. The second kappa shape index (κ2) is 4.06. The van der Waals surface area contributed by atoms with E-state index in [2.05, 4.69) is 5.32 Å². The van der Waals surface area contributed by atoms with Crippen LogP contribution in [-0.2, 0) is 0 Å². The molecule has 5 heteroatoms. The summed E-state index contributed by atoms with van der Waals surface area (Å²) >= 11 is 0. The predicted molar refractivity (Wildman–Crippen MR) is 48.0 cm³/mol. The van der Waals surface area contributed by atoms with Crippen LogP contribution < -0.4 is 5.32 Å². The maximum absolute atomic E-state index is 12.9. The van der Waals surface area contributed by atoms with E-state index in [4.69, 9.17) is 10.2 Å². The van der Waals surface area contributed by atoms with Crippen molar-refractivity contribution in [3.63, 3.8) is 0 Å². The number of carbonyl (C=O) groups is 1. The molecule has 4 nitrogen and oxygen atoms in total. The number of hydrogen-bond acceptors (Lipinski definition) is 4. The third-order valence-electron chi connectivity index (χ3n) is 1.70. The van der Waals surface area contributed by atoms with E-state index in [0.717, 1.165) is 12.1 Å². The van der Waals surface area contributed by atoms with E-state index in [1.54, 1.807) is 7.05 Å². The number of carbonyl (C=O) groups excluding carboxylic acids is 1. The highest BCUT2D eigenvalue weighted by Gasteiger charge is 2.12. The molecule has 14 heavy (non-hydrogen) atoms. The second-order valence-electron chi connectivity index (χ2n) is 2.78. The van der Waals surface area contributed by atoms with Crippen LogP contribution in [0.4, 0.5) is 4.39 Å². The first-order valence-electron chi connectivity index (χ1n) is 3.95. The Bertz CT molecular complexity index is 342. The average molecular weight is 199 g/mol. The lowest BCUT2D eigenvalue weighted by molar-refractivity contribution is 0.0992. The van der Waals surface area contributed by atoms with Crippen LogP contribution in [0.5, 0.6) is 11.5 Å². The molecule has 0 aliphatic carbocycles. The molecular weight excluding hydrogens is 189 g/mol. The van der Waals surface area contributed by atoms with Gasteiger partial charge in [-0.1, -0.05) is 0 Å². The zero-order valence-electron chi connectivity index (χ0n) is 7.54. The highest BCUT2D eigenvalue weighted by atomic mass is 19.1. The van der Waals surface area contributed by atoms with Gasteiger partial charge >= 0.3 is 0 Å². The Morgan fingerprint density at radius 1 is 1.50 bits per heavy atom. The monoisotopic (exact) mass is 199 g/mol. The molecule has 0 fully saturated rings. The van der Waals surface area contributed by atoms with Gasteiger partial charge in [0.25, 0.3) is 0 Å². The number of benzene rings is 1. The molecule has 76 valence electrons. The van der Waals surface area contributed by atoms with E-state index in [1.165, 1.54) is 0 Å². The van der Waals surface area contributed by atoms with Crippen molar-refractivity contribution in [1.29, 1.82) is 0 Å². The number of nitrogens with one attached hydrogen (secondary N) is 1. The van der Waals surface area contributed by atoms with Crippen LogP contribution in [0, 0.1) is 5.82 Å². The molecule has 0 aromatic heterocycles. The predicted octanol–water partition coefficient (Wildman–Crippen LogP) is 0.639. The molecule has 0 saturated carbocycles. The zero-order chi connectivity index (χ0) is 10.7. The Kier molecular flexibility index (Phi) is 3.03. The van der Waals surface area contributed by atoms with Gasteiger partial charge in [-0.15, -0.1) is 0 Å². The third-order valence-corrected chi connectivity index (χ3v) is 1.70. The van der Waals surface area contributed by atoms with Gasteiger partial charge in [-0.25, -0.2) is 4.39 Å². The Morgan fingerprint density at radius 2 is 2.14 bits per heavy atom. The van der Waals surface area contributed by atoms with E-state index in [0.29, 0.717) is 0 Å². The van der Waals surface area contributed by atoms with Crippen LogP contribution in [0.1, 0.15) is 10.4 Å². The minimum Gasteiger partial charge on any atom is -0.504 e. The molecule has 0 radical (unpaired) electrons. The summed E-state index contributed by atoms with van der Waals surface area (Å²) in [6, 6.07) is 1.91. The van der Waals surface area contributed by atoms with Gasteiger partial charge in [-0.2, -0.15) is 0 Å². The SMILES string of the molecule is CNCC(=O)c1cc(O)c(O)c(F)c1. The summed E-state index contributed by atoms with van der Waals surface area (Å²) in [6.45, 7) is 0.0453. The number of halogens is 1. The summed E-state index contributed by atoms with van der Waals surface area (Å²) in [5, 5.41) is 20.5. The molecule has 1 aromatic rings. The van der Waals surface area contributed by atoms with Gasteiger partial charge in [0.05, 0.1) is 6.54 Å². The standard InChI is InChI=1S/C9H10FNO3/c1-11-4-8(13)5-2-6(10)9(14)7(12)3-5/h2-3,11-12,14H,4H2,1H3. The van der Waals surface area contributed by atoms with E-state index >= 15 is 0 Å². The zero-order valence-corrected chi connectivity index (χ0v) is 7.54. The Labute approximate surface area is 80.0 Å². The van der Waals surface area contributed by atoms with E-state index < -0.39 is 17.3 Å². The number of rotatable bonds is 3. The molecule has 0 heterocycles. The average Bonchev–Trinajstić information content (AvgIpc) is 2.13. The van der Waals surface area contributed by atoms with Gasteiger partial charge in [0, 0.05) is 5.56 Å². The Morgan fingerprint density at radius 3 is 2.64 bits per heavy atom. The minimum absolute atomic E-state index is 0.0205. The fraction of sp³-hybridized carbons (Fsp3) is 0.222. The maximum atomic E-state index is 12.9. The molecule has 0 bridgehead atoms. The summed E-state index contributed by atoms with van der Waals surface area (Å²) in [5.41, 5.74) is 0.0205.